The number of hydrogen-bond acceptors (Lipinski definition) is 3. The van der Waals surface area contributed by atoms with Crippen molar-refractivity contribution in [1.29, 1.82) is 5.26 Å². The summed E-state index contributed by atoms with van der Waals surface area (Å²) in [4.78, 5) is 2.39. The molecule has 1 heterocycles. The summed E-state index contributed by atoms with van der Waals surface area (Å²) < 4.78 is 0.862. The molecule has 102 valence electrons. The number of benzene rings is 1. The fourth-order valence-corrected chi connectivity index (χ4v) is 3.30. The molecule has 2 N–H and O–H groups in total. The molecule has 1 aromatic carbocycles. The van der Waals surface area contributed by atoms with Gasteiger partial charge in [-0.05, 0) is 52.9 Å². The Labute approximate surface area is 123 Å². The average molecular weight is 322 g/mol. The van der Waals surface area contributed by atoms with Crippen LogP contribution in [0.3, 0.4) is 0 Å². The van der Waals surface area contributed by atoms with Crippen LogP contribution in [0.2, 0.25) is 0 Å². The molecule has 1 aliphatic rings. The third-order valence-corrected chi connectivity index (χ3v) is 4.73. The van der Waals surface area contributed by atoms with Crippen molar-refractivity contribution in [2.45, 2.75) is 32.2 Å². The molecular weight excluding hydrogens is 302 g/mol. The third-order valence-electron chi connectivity index (χ3n) is 4.08. The zero-order valence-electron chi connectivity index (χ0n) is 11.3. The number of nitriles is 1. The second-order valence-electron chi connectivity index (χ2n) is 5.16. The van der Waals surface area contributed by atoms with Crippen LogP contribution in [0.4, 0.5) is 5.69 Å². The highest BCUT2D eigenvalue weighted by Gasteiger charge is 2.27. The maximum atomic E-state index is 8.97. The van der Waals surface area contributed by atoms with Crippen LogP contribution in [0.25, 0.3) is 0 Å². The lowest BCUT2D eigenvalue weighted by molar-refractivity contribution is 0.336. The van der Waals surface area contributed by atoms with Gasteiger partial charge in [-0.25, -0.2) is 0 Å². The molecular formula is C15H20BrN3. The van der Waals surface area contributed by atoms with Crippen molar-refractivity contribution in [2.24, 2.45) is 11.7 Å². The largest absolute Gasteiger partial charge is 0.367 e. The topological polar surface area (TPSA) is 53.0 Å². The SMILES string of the molecule is CCC1CCN(c2ccc(C#N)c(Br)c2)C(CN)C1. The fourth-order valence-electron chi connectivity index (χ4n) is 2.84. The minimum absolute atomic E-state index is 0.415. The minimum Gasteiger partial charge on any atom is -0.367 e. The summed E-state index contributed by atoms with van der Waals surface area (Å²) in [7, 11) is 0. The Bertz CT molecular complexity index is 481. The minimum atomic E-state index is 0.415. The molecule has 0 aromatic heterocycles. The van der Waals surface area contributed by atoms with Gasteiger partial charge in [-0.15, -0.1) is 0 Å². The molecule has 0 spiro atoms. The van der Waals surface area contributed by atoms with Crippen LogP contribution in [0.5, 0.6) is 0 Å². The van der Waals surface area contributed by atoms with Crippen molar-refractivity contribution in [3.8, 4) is 6.07 Å². The van der Waals surface area contributed by atoms with E-state index in [4.69, 9.17) is 11.0 Å². The first-order valence-corrected chi connectivity index (χ1v) is 7.65. The third kappa shape index (κ3) is 3.10. The van der Waals surface area contributed by atoms with Gasteiger partial charge in [-0.1, -0.05) is 13.3 Å². The second kappa shape index (κ2) is 6.40. The number of halogens is 1. The Hall–Kier alpha value is -1.05. The maximum absolute atomic E-state index is 8.97. The summed E-state index contributed by atoms with van der Waals surface area (Å²) in [5.41, 5.74) is 7.78. The highest BCUT2D eigenvalue weighted by Crippen LogP contribution is 2.31. The van der Waals surface area contributed by atoms with E-state index in [2.05, 4.69) is 33.8 Å². The monoisotopic (exact) mass is 321 g/mol. The van der Waals surface area contributed by atoms with E-state index in [0.29, 0.717) is 18.2 Å². The number of nitrogens with zero attached hydrogens (tertiary/aromatic N) is 2. The van der Waals surface area contributed by atoms with Crippen molar-refractivity contribution in [3.05, 3.63) is 28.2 Å². The van der Waals surface area contributed by atoms with E-state index in [-0.39, 0.29) is 0 Å². The summed E-state index contributed by atoms with van der Waals surface area (Å²) in [5.74, 6) is 0.798. The van der Waals surface area contributed by atoms with Crippen LogP contribution in [0.1, 0.15) is 31.7 Å². The first-order valence-electron chi connectivity index (χ1n) is 6.86. The molecule has 4 heteroatoms. The van der Waals surface area contributed by atoms with Gasteiger partial charge in [0.15, 0.2) is 0 Å². The lowest BCUT2D eigenvalue weighted by Crippen LogP contribution is -2.46. The van der Waals surface area contributed by atoms with Crippen LogP contribution in [-0.2, 0) is 0 Å². The molecule has 2 rings (SSSR count). The van der Waals surface area contributed by atoms with E-state index in [1.54, 1.807) is 0 Å². The normalized spacial score (nSPS) is 23.2. The van der Waals surface area contributed by atoms with Gasteiger partial charge in [0.1, 0.15) is 6.07 Å². The predicted molar refractivity (Wildman–Crippen MR) is 82.1 cm³/mol. The van der Waals surface area contributed by atoms with Crippen molar-refractivity contribution < 1.29 is 0 Å². The molecule has 0 amide bonds. The lowest BCUT2D eigenvalue weighted by Gasteiger charge is -2.40. The Kier molecular flexibility index (Phi) is 4.84. The summed E-state index contributed by atoms with van der Waals surface area (Å²) in [6.07, 6.45) is 3.64. The van der Waals surface area contributed by atoms with Crippen LogP contribution < -0.4 is 10.6 Å². The van der Waals surface area contributed by atoms with Gasteiger partial charge >= 0.3 is 0 Å². The maximum Gasteiger partial charge on any atom is 0.100 e. The van der Waals surface area contributed by atoms with E-state index < -0.39 is 0 Å². The zero-order valence-corrected chi connectivity index (χ0v) is 12.9. The summed E-state index contributed by atoms with van der Waals surface area (Å²) in [6.45, 7) is 4.00. The van der Waals surface area contributed by atoms with Gasteiger partial charge in [0.05, 0.1) is 5.56 Å². The number of nitrogens with two attached hydrogens (primary N) is 1. The zero-order chi connectivity index (χ0) is 13.8. The molecule has 19 heavy (non-hydrogen) atoms. The number of rotatable bonds is 3. The van der Waals surface area contributed by atoms with E-state index in [1.165, 1.54) is 19.3 Å². The highest BCUT2D eigenvalue weighted by molar-refractivity contribution is 9.10. The molecule has 0 saturated carbocycles. The van der Waals surface area contributed by atoms with Crippen LogP contribution in [0.15, 0.2) is 22.7 Å². The van der Waals surface area contributed by atoms with Gasteiger partial charge < -0.3 is 10.6 Å². The second-order valence-corrected chi connectivity index (χ2v) is 6.01. The van der Waals surface area contributed by atoms with Gasteiger partial charge in [0, 0.05) is 29.3 Å². The molecule has 1 aliphatic heterocycles. The Balaban J connectivity index is 2.21. The van der Waals surface area contributed by atoms with Gasteiger partial charge in [0.25, 0.3) is 0 Å². The summed E-state index contributed by atoms with van der Waals surface area (Å²) in [6, 6.07) is 8.53. The Morgan fingerprint density at radius 2 is 2.32 bits per heavy atom. The Morgan fingerprint density at radius 3 is 2.89 bits per heavy atom. The fraction of sp³-hybridized carbons (Fsp3) is 0.533. The molecule has 1 aromatic rings. The molecule has 1 saturated heterocycles. The quantitative estimate of drug-likeness (QED) is 0.929. The van der Waals surface area contributed by atoms with Crippen LogP contribution >= 0.6 is 15.9 Å². The standard InChI is InChI=1S/C15H20BrN3/c1-2-11-5-6-19(14(7-11)10-18)13-4-3-12(9-17)15(16)8-13/h3-4,8,11,14H,2,5-7,10,18H2,1H3. The number of anilines is 1. The molecule has 0 bridgehead atoms. The van der Waals surface area contributed by atoms with Crippen molar-refractivity contribution in [2.75, 3.05) is 18.0 Å². The first-order chi connectivity index (χ1) is 9.19. The number of piperidine rings is 1. The van der Waals surface area contributed by atoms with E-state index in [1.807, 2.05) is 18.2 Å². The number of hydrogen-bond donors (Lipinski definition) is 1. The summed E-state index contributed by atoms with van der Waals surface area (Å²) in [5, 5.41) is 8.97. The molecule has 0 aliphatic carbocycles. The van der Waals surface area contributed by atoms with Crippen LogP contribution in [-0.4, -0.2) is 19.1 Å². The molecule has 1 fully saturated rings. The van der Waals surface area contributed by atoms with Crippen molar-refractivity contribution >= 4 is 21.6 Å². The summed E-state index contributed by atoms with van der Waals surface area (Å²) >= 11 is 3.46. The smallest absolute Gasteiger partial charge is 0.100 e. The molecule has 2 unspecified atom stereocenters. The predicted octanol–water partition coefficient (Wildman–Crippen LogP) is 3.27. The average Bonchev–Trinajstić information content (AvgIpc) is 2.46. The lowest BCUT2D eigenvalue weighted by atomic mass is 9.88. The van der Waals surface area contributed by atoms with Crippen molar-refractivity contribution in [3.63, 3.8) is 0 Å². The Morgan fingerprint density at radius 1 is 1.53 bits per heavy atom. The van der Waals surface area contributed by atoms with E-state index in [9.17, 15) is 0 Å². The van der Waals surface area contributed by atoms with E-state index in [0.717, 1.165) is 22.6 Å². The first kappa shape index (κ1) is 14.4. The van der Waals surface area contributed by atoms with Gasteiger partial charge in [-0.2, -0.15) is 5.26 Å². The molecule has 3 nitrogen and oxygen atoms in total. The van der Waals surface area contributed by atoms with Crippen LogP contribution in [0, 0.1) is 17.2 Å². The van der Waals surface area contributed by atoms with Gasteiger partial charge in [-0.3, -0.25) is 0 Å². The van der Waals surface area contributed by atoms with E-state index >= 15 is 0 Å². The van der Waals surface area contributed by atoms with Gasteiger partial charge in [0.2, 0.25) is 0 Å². The molecule has 0 radical (unpaired) electrons. The highest BCUT2D eigenvalue weighted by atomic mass is 79.9. The molecule has 2 atom stereocenters. The van der Waals surface area contributed by atoms with Crippen molar-refractivity contribution in [1.82, 2.24) is 0 Å².